The summed E-state index contributed by atoms with van der Waals surface area (Å²) in [7, 11) is 0. The van der Waals surface area contributed by atoms with Crippen LogP contribution in [0.15, 0.2) is 0 Å². The summed E-state index contributed by atoms with van der Waals surface area (Å²) in [6, 6.07) is 0. The number of hydrogen-bond acceptors (Lipinski definition) is 1. The van der Waals surface area contributed by atoms with Crippen molar-refractivity contribution in [2.75, 3.05) is 6.67 Å². The number of hydrogen-bond donors (Lipinski definition) is 1. The molecule has 1 N–H and O–H groups in total. The Morgan fingerprint density at radius 1 is 1.75 bits per heavy atom. The summed E-state index contributed by atoms with van der Waals surface area (Å²) in [6.07, 6.45) is -2.35. The molecular formula is C3H7F2InO2. The minimum atomic E-state index is -2.35. The molecule has 0 bridgehead atoms. The van der Waals surface area contributed by atoms with Crippen LogP contribution in [0.3, 0.4) is 0 Å². The molecule has 1 atom stereocenters. The molecule has 0 aliphatic rings. The summed E-state index contributed by atoms with van der Waals surface area (Å²) in [5, 5.41) is 7.57. The van der Waals surface area contributed by atoms with Gasteiger partial charge in [-0.05, 0) is 0 Å². The van der Waals surface area contributed by atoms with Gasteiger partial charge in [-0.2, -0.15) is 0 Å². The molecular weight excluding hydrogens is 221 g/mol. The normalized spacial score (nSPS) is 11.8. The van der Waals surface area contributed by atoms with Gasteiger partial charge in [0, 0.05) is 0 Å². The van der Waals surface area contributed by atoms with E-state index in [1.165, 1.54) is 0 Å². The topological polar surface area (TPSA) is 37.3 Å². The second-order valence-corrected chi connectivity index (χ2v) is 0.960. The van der Waals surface area contributed by atoms with E-state index in [1.54, 1.807) is 0 Å². The molecule has 1 unspecified atom stereocenters. The standard InChI is InChI=1S/C3H4F2O2.In.3H/c4-1-2(5)3(6)7;;;;/h2H,1H2,(H,6,7);;;;. The third-order valence-corrected chi connectivity index (χ3v) is 0.403. The van der Waals surface area contributed by atoms with Crippen LogP contribution in [-0.4, -0.2) is 49.8 Å². The third-order valence-electron chi connectivity index (χ3n) is 0.403. The number of carboxylic acids is 1. The summed E-state index contributed by atoms with van der Waals surface area (Å²) in [5.41, 5.74) is 0. The van der Waals surface area contributed by atoms with Crippen LogP contribution < -0.4 is 0 Å². The fourth-order valence-electron chi connectivity index (χ4n) is 0.0660. The monoisotopic (exact) mass is 228 g/mol. The Kier molecular flexibility index (Phi) is 7.38. The van der Waals surface area contributed by atoms with E-state index >= 15 is 0 Å². The summed E-state index contributed by atoms with van der Waals surface area (Å²) in [6.45, 7) is -1.45. The first-order chi connectivity index (χ1) is 3.18. The van der Waals surface area contributed by atoms with Crippen LogP contribution in [0.25, 0.3) is 0 Å². The van der Waals surface area contributed by atoms with Gasteiger partial charge in [-0.15, -0.1) is 0 Å². The summed E-state index contributed by atoms with van der Waals surface area (Å²) >= 11 is 0. The van der Waals surface area contributed by atoms with Crippen molar-refractivity contribution in [1.29, 1.82) is 0 Å². The fraction of sp³-hybridized carbons (Fsp3) is 0.667. The quantitative estimate of drug-likeness (QED) is 0.671. The molecule has 0 radical (unpaired) electrons. The SMILES string of the molecule is O=C(O)C(F)CF.[InH3]. The molecule has 0 aliphatic carbocycles. The molecule has 8 heavy (non-hydrogen) atoms. The molecule has 0 amide bonds. The van der Waals surface area contributed by atoms with Crippen molar-refractivity contribution in [2.45, 2.75) is 6.17 Å². The average Bonchev–Trinajstić information content (AvgIpc) is 1.65. The van der Waals surface area contributed by atoms with Gasteiger partial charge in [0.25, 0.3) is 0 Å². The number of alkyl halides is 2. The predicted octanol–water partition coefficient (Wildman–Crippen LogP) is -0.805. The molecule has 0 aromatic carbocycles. The molecule has 0 saturated heterocycles. The van der Waals surface area contributed by atoms with E-state index in [0.717, 1.165) is 0 Å². The van der Waals surface area contributed by atoms with Crippen molar-refractivity contribution in [3.63, 3.8) is 0 Å². The first-order valence-electron chi connectivity index (χ1n) is 1.61. The zero-order chi connectivity index (χ0) is 5.86. The van der Waals surface area contributed by atoms with E-state index in [4.69, 9.17) is 5.11 Å². The van der Waals surface area contributed by atoms with Crippen LogP contribution in [0, 0.1) is 0 Å². The van der Waals surface area contributed by atoms with E-state index < -0.39 is 18.8 Å². The van der Waals surface area contributed by atoms with Crippen LogP contribution in [-0.2, 0) is 4.79 Å². The Labute approximate surface area is 63.7 Å². The zero-order valence-electron chi connectivity index (χ0n) is 3.40. The first-order valence-corrected chi connectivity index (χ1v) is 1.61. The van der Waals surface area contributed by atoms with Crippen molar-refractivity contribution in [3.8, 4) is 0 Å². The van der Waals surface area contributed by atoms with E-state index in [9.17, 15) is 13.6 Å². The van der Waals surface area contributed by atoms with Gasteiger partial charge in [-0.1, -0.05) is 0 Å². The average molecular weight is 228 g/mol. The van der Waals surface area contributed by atoms with E-state index in [2.05, 4.69) is 0 Å². The van der Waals surface area contributed by atoms with Crippen LogP contribution in [0.4, 0.5) is 8.78 Å². The first kappa shape index (κ1) is 11.1. The molecule has 0 aliphatic heterocycles. The van der Waals surface area contributed by atoms with E-state index in [1.807, 2.05) is 0 Å². The second kappa shape index (κ2) is 5.34. The summed E-state index contributed by atoms with van der Waals surface area (Å²) in [4.78, 5) is 9.32. The summed E-state index contributed by atoms with van der Waals surface area (Å²) < 4.78 is 22.2. The van der Waals surface area contributed by atoms with Gasteiger partial charge in [-0.3, -0.25) is 0 Å². The van der Waals surface area contributed by atoms with Crippen LogP contribution in [0.2, 0.25) is 0 Å². The third kappa shape index (κ3) is 4.36. The van der Waals surface area contributed by atoms with Gasteiger partial charge in [0.05, 0.1) is 0 Å². The fourth-order valence-corrected chi connectivity index (χ4v) is 0.0660. The van der Waals surface area contributed by atoms with Gasteiger partial charge in [0.15, 0.2) is 0 Å². The number of carboxylic acid groups (broad SMARTS) is 1. The van der Waals surface area contributed by atoms with Gasteiger partial charge >= 0.3 is 31.8 Å². The van der Waals surface area contributed by atoms with Crippen LogP contribution in [0.1, 0.15) is 0 Å². The van der Waals surface area contributed by atoms with Crippen molar-refractivity contribution in [3.05, 3.63) is 0 Å². The Morgan fingerprint density at radius 2 is 2.12 bits per heavy atom. The predicted molar refractivity (Wildman–Crippen MR) is 28.4 cm³/mol. The number of rotatable bonds is 2. The molecule has 0 heterocycles. The molecule has 2 nitrogen and oxygen atoms in total. The van der Waals surface area contributed by atoms with Gasteiger partial charge in [0.1, 0.15) is 6.67 Å². The molecule has 48 valence electrons. The van der Waals surface area contributed by atoms with Crippen molar-refractivity contribution in [1.82, 2.24) is 0 Å². The molecule has 0 rings (SSSR count). The zero-order valence-corrected chi connectivity index (χ0v) is 3.40. The molecule has 0 saturated carbocycles. The number of carbonyl (C=O) groups is 1. The molecule has 0 aromatic rings. The molecule has 0 fully saturated rings. The van der Waals surface area contributed by atoms with Crippen LogP contribution in [0.5, 0.6) is 0 Å². The minimum absolute atomic E-state index is 0. The Balaban J connectivity index is 0. The molecule has 0 aromatic heterocycles. The maximum absolute atomic E-state index is 11.3. The molecule has 5 heteroatoms. The van der Waals surface area contributed by atoms with Crippen LogP contribution >= 0.6 is 0 Å². The Morgan fingerprint density at radius 3 is 2.12 bits per heavy atom. The van der Waals surface area contributed by atoms with E-state index in [-0.39, 0.29) is 25.8 Å². The summed E-state index contributed by atoms with van der Waals surface area (Å²) in [5.74, 6) is -1.75. The number of aliphatic carboxylic acids is 1. The molecule has 0 spiro atoms. The van der Waals surface area contributed by atoms with Gasteiger partial charge < -0.3 is 5.11 Å². The number of halogens is 2. The Bertz CT molecular complexity index is 77.7. The van der Waals surface area contributed by atoms with E-state index in [0.29, 0.717) is 0 Å². The van der Waals surface area contributed by atoms with Crippen molar-refractivity contribution in [2.24, 2.45) is 0 Å². The Hall–Kier alpha value is 0.200. The van der Waals surface area contributed by atoms with Gasteiger partial charge in [0.2, 0.25) is 6.17 Å². The van der Waals surface area contributed by atoms with Crippen molar-refractivity contribution < 1.29 is 18.7 Å². The van der Waals surface area contributed by atoms with Crippen molar-refractivity contribution >= 4 is 31.8 Å². The van der Waals surface area contributed by atoms with Gasteiger partial charge in [-0.25, -0.2) is 13.6 Å². The maximum atomic E-state index is 11.3. The second-order valence-electron chi connectivity index (χ2n) is 0.960.